The van der Waals surface area contributed by atoms with Gasteiger partial charge in [-0.3, -0.25) is 4.79 Å². The standard InChI is InChI=1S/C19H21NO2/c1-15-8-10-18(22-2)17(14-15)9-11-19(21)20-13-12-16-6-4-3-5-7-16/h3-11,14H,12-13H2,1-2H3,(H,20,21)/b11-9+. The van der Waals surface area contributed by atoms with E-state index in [-0.39, 0.29) is 5.91 Å². The van der Waals surface area contributed by atoms with Crippen molar-refractivity contribution < 1.29 is 9.53 Å². The van der Waals surface area contributed by atoms with Crippen LogP contribution < -0.4 is 10.1 Å². The summed E-state index contributed by atoms with van der Waals surface area (Å²) in [4.78, 5) is 11.9. The zero-order valence-electron chi connectivity index (χ0n) is 13.0. The number of hydrogen-bond donors (Lipinski definition) is 1. The molecule has 0 radical (unpaired) electrons. The number of methoxy groups -OCH3 is 1. The smallest absolute Gasteiger partial charge is 0.244 e. The molecule has 0 unspecified atom stereocenters. The average molecular weight is 295 g/mol. The van der Waals surface area contributed by atoms with Crippen LogP contribution in [-0.4, -0.2) is 19.6 Å². The van der Waals surface area contributed by atoms with Gasteiger partial charge in [0.05, 0.1) is 7.11 Å². The zero-order valence-corrected chi connectivity index (χ0v) is 13.0. The number of nitrogens with one attached hydrogen (secondary N) is 1. The zero-order chi connectivity index (χ0) is 15.8. The van der Waals surface area contributed by atoms with Gasteiger partial charge in [0.1, 0.15) is 5.75 Å². The summed E-state index contributed by atoms with van der Waals surface area (Å²) in [5.41, 5.74) is 3.25. The number of rotatable bonds is 6. The van der Waals surface area contributed by atoms with Gasteiger partial charge in [-0.05, 0) is 37.1 Å². The summed E-state index contributed by atoms with van der Waals surface area (Å²) in [6.45, 7) is 2.63. The van der Waals surface area contributed by atoms with Gasteiger partial charge in [-0.1, -0.05) is 42.0 Å². The molecular formula is C19H21NO2. The lowest BCUT2D eigenvalue weighted by Gasteiger charge is -2.06. The quantitative estimate of drug-likeness (QED) is 0.830. The van der Waals surface area contributed by atoms with Crippen molar-refractivity contribution in [2.75, 3.05) is 13.7 Å². The van der Waals surface area contributed by atoms with Gasteiger partial charge >= 0.3 is 0 Å². The molecule has 0 spiro atoms. The Morgan fingerprint density at radius 2 is 1.95 bits per heavy atom. The molecule has 22 heavy (non-hydrogen) atoms. The number of ether oxygens (including phenoxy) is 1. The summed E-state index contributed by atoms with van der Waals surface area (Å²) in [5.74, 6) is 0.665. The summed E-state index contributed by atoms with van der Waals surface area (Å²) in [6, 6.07) is 16.0. The van der Waals surface area contributed by atoms with Gasteiger partial charge in [0.25, 0.3) is 0 Å². The van der Waals surface area contributed by atoms with E-state index in [1.165, 1.54) is 5.56 Å². The van der Waals surface area contributed by atoms with Crippen molar-refractivity contribution in [3.63, 3.8) is 0 Å². The van der Waals surface area contributed by atoms with Crippen LogP contribution in [0.25, 0.3) is 6.08 Å². The first kappa shape index (κ1) is 15.8. The summed E-state index contributed by atoms with van der Waals surface area (Å²) in [7, 11) is 1.63. The van der Waals surface area contributed by atoms with Crippen LogP contribution in [-0.2, 0) is 11.2 Å². The molecule has 2 rings (SSSR count). The van der Waals surface area contributed by atoms with Gasteiger partial charge in [0.2, 0.25) is 5.91 Å². The van der Waals surface area contributed by atoms with E-state index >= 15 is 0 Å². The highest BCUT2D eigenvalue weighted by Gasteiger charge is 2.01. The molecule has 0 aliphatic carbocycles. The maximum Gasteiger partial charge on any atom is 0.244 e. The van der Waals surface area contributed by atoms with Gasteiger partial charge in [0.15, 0.2) is 0 Å². The highest BCUT2D eigenvalue weighted by molar-refractivity contribution is 5.92. The van der Waals surface area contributed by atoms with Crippen LogP contribution in [0.3, 0.4) is 0 Å². The van der Waals surface area contributed by atoms with Crippen molar-refractivity contribution in [2.45, 2.75) is 13.3 Å². The molecule has 0 saturated heterocycles. The molecule has 3 heteroatoms. The van der Waals surface area contributed by atoms with Crippen molar-refractivity contribution in [1.82, 2.24) is 5.32 Å². The summed E-state index contributed by atoms with van der Waals surface area (Å²) >= 11 is 0. The summed E-state index contributed by atoms with van der Waals surface area (Å²) in [5, 5.41) is 2.89. The fourth-order valence-electron chi connectivity index (χ4n) is 2.18. The Hall–Kier alpha value is -2.55. The highest BCUT2D eigenvalue weighted by atomic mass is 16.5. The largest absolute Gasteiger partial charge is 0.496 e. The fraction of sp³-hybridized carbons (Fsp3) is 0.211. The van der Waals surface area contributed by atoms with Crippen LogP contribution in [0.1, 0.15) is 16.7 Å². The SMILES string of the molecule is COc1ccc(C)cc1/C=C/C(=O)NCCc1ccccc1. The number of hydrogen-bond acceptors (Lipinski definition) is 2. The topological polar surface area (TPSA) is 38.3 Å². The monoisotopic (exact) mass is 295 g/mol. The third-order valence-electron chi connectivity index (χ3n) is 3.36. The molecule has 0 bridgehead atoms. The Kier molecular flexibility index (Phi) is 5.78. The maximum absolute atomic E-state index is 11.9. The molecule has 3 nitrogen and oxygen atoms in total. The molecule has 0 atom stereocenters. The van der Waals surface area contributed by atoms with Gasteiger partial charge in [-0.15, -0.1) is 0 Å². The van der Waals surface area contributed by atoms with Crippen LogP contribution in [0.5, 0.6) is 5.75 Å². The van der Waals surface area contributed by atoms with E-state index in [0.29, 0.717) is 6.54 Å². The lowest BCUT2D eigenvalue weighted by molar-refractivity contribution is -0.116. The second-order valence-electron chi connectivity index (χ2n) is 5.11. The van der Waals surface area contributed by atoms with E-state index in [9.17, 15) is 4.79 Å². The first-order valence-corrected chi connectivity index (χ1v) is 7.33. The fourth-order valence-corrected chi connectivity index (χ4v) is 2.18. The second-order valence-corrected chi connectivity index (χ2v) is 5.11. The van der Waals surface area contributed by atoms with Gasteiger partial charge in [-0.2, -0.15) is 0 Å². The lowest BCUT2D eigenvalue weighted by Crippen LogP contribution is -2.23. The predicted octanol–water partition coefficient (Wildman–Crippen LogP) is 3.38. The van der Waals surface area contributed by atoms with Crippen molar-refractivity contribution in [3.05, 3.63) is 71.3 Å². The predicted molar refractivity (Wildman–Crippen MR) is 89.9 cm³/mol. The Bertz CT molecular complexity index is 648. The Labute approximate surface area is 131 Å². The van der Waals surface area contributed by atoms with E-state index in [2.05, 4.69) is 17.4 Å². The van der Waals surface area contributed by atoms with E-state index < -0.39 is 0 Å². The molecule has 0 heterocycles. The van der Waals surface area contributed by atoms with E-state index in [0.717, 1.165) is 23.3 Å². The average Bonchev–Trinajstić information content (AvgIpc) is 2.54. The number of carbonyl (C=O) groups excluding carboxylic acids is 1. The number of amides is 1. The first-order valence-electron chi connectivity index (χ1n) is 7.33. The van der Waals surface area contributed by atoms with Gasteiger partial charge in [-0.25, -0.2) is 0 Å². The van der Waals surface area contributed by atoms with Crippen LogP contribution in [0.15, 0.2) is 54.6 Å². The lowest BCUT2D eigenvalue weighted by atomic mass is 10.1. The van der Waals surface area contributed by atoms with Crippen molar-refractivity contribution in [2.24, 2.45) is 0 Å². The Morgan fingerprint density at radius 1 is 1.18 bits per heavy atom. The van der Waals surface area contributed by atoms with Crippen molar-refractivity contribution >= 4 is 12.0 Å². The molecule has 0 aromatic heterocycles. The van der Waals surface area contributed by atoms with Crippen LogP contribution in [0.4, 0.5) is 0 Å². The van der Waals surface area contributed by atoms with Crippen LogP contribution >= 0.6 is 0 Å². The van der Waals surface area contributed by atoms with E-state index in [1.54, 1.807) is 19.3 Å². The highest BCUT2D eigenvalue weighted by Crippen LogP contribution is 2.20. The molecular weight excluding hydrogens is 274 g/mol. The molecule has 114 valence electrons. The minimum atomic E-state index is -0.0977. The van der Waals surface area contributed by atoms with Crippen LogP contribution in [0, 0.1) is 6.92 Å². The van der Waals surface area contributed by atoms with Crippen molar-refractivity contribution in [3.8, 4) is 5.75 Å². The Balaban J connectivity index is 1.87. The first-order chi connectivity index (χ1) is 10.7. The molecule has 0 saturated carbocycles. The molecule has 0 fully saturated rings. The molecule has 2 aromatic carbocycles. The number of benzene rings is 2. The summed E-state index contributed by atoms with van der Waals surface area (Å²) < 4.78 is 5.29. The molecule has 0 aliphatic rings. The Morgan fingerprint density at radius 3 is 2.68 bits per heavy atom. The minimum absolute atomic E-state index is 0.0977. The molecule has 2 aromatic rings. The normalized spacial score (nSPS) is 10.6. The van der Waals surface area contributed by atoms with Gasteiger partial charge < -0.3 is 10.1 Å². The van der Waals surface area contributed by atoms with Crippen molar-refractivity contribution in [1.29, 1.82) is 0 Å². The molecule has 0 aliphatic heterocycles. The third kappa shape index (κ3) is 4.77. The molecule has 1 N–H and O–H groups in total. The van der Waals surface area contributed by atoms with Gasteiger partial charge in [0, 0.05) is 18.2 Å². The maximum atomic E-state index is 11.9. The second kappa shape index (κ2) is 8.03. The minimum Gasteiger partial charge on any atom is -0.496 e. The summed E-state index contributed by atoms with van der Waals surface area (Å²) in [6.07, 6.45) is 4.15. The third-order valence-corrected chi connectivity index (χ3v) is 3.36. The molecule has 1 amide bonds. The van der Waals surface area contributed by atoms with Crippen LogP contribution in [0.2, 0.25) is 0 Å². The van der Waals surface area contributed by atoms with E-state index in [1.807, 2.05) is 43.3 Å². The van der Waals surface area contributed by atoms with E-state index in [4.69, 9.17) is 4.74 Å². The number of carbonyl (C=O) groups is 1. The number of aryl methyl sites for hydroxylation is 1.